The average Bonchev–Trinajstić information content (AvgIpc) is 2.86. The highest BCUT2D eigenvalue weighted by Crippen LogP contribution is 2.53. The summed E-state index contributed by atoms with van der Waals surface area (Å²) in [7, 11) is 0. The van der Waals surface area contributed by atoms with Gasteiger partial charge in [-0.2, -0.15) is 0 Å². The third-order valence-electron chi connectivity index (χ3n) is 4.43. The van der Waals surface area contributed by atoms with E-state index < -0.39 is 5.60 Å². The maximum absolute atomic E-state index is 11.9. The number of ether oxygens (including phenoxy) is 1. The second kappa shape index (κ2) is 4.41. The Morgan fingerprint density at radius 3 is 2.22 bits per heavy atom. The minimum Gasteiger partial charge on any atom is -0.444 e. The van der Waals surface area contributed by atoms with Gasteiger partial charge >= 0.3 is 6.09 Å². The molecule has 1 heterocycles. The van der Waals surface area contributed by atoms with Crippen molar-refractivity contribution in [3.05, 3.63) is 0 Å². The van der Waals surface area contributed by atoms with E-state index in [1.807, 2.05) is 25.7 Å². The van der Waals surface area contributed by atoms with Gasteiger partial charge in [-0.1, -0.05) is 6.92 Å². The molecule has 2 unspecified atom stereocenters. The van der Waals surface area contributed by atoms with Crippen molar-refractivity contribution in [3.8, 4) is 0 Å². The van der Waals surface area contributed by atoms with Crippen LogP contribution in [-0.4, -0.2) is 35.7 Å². The maximum atomic E-state index is 11.9. The molecule has 1 saturated carbocycles. The molecule has 4 nitrogen and oxygen atoms in total. The van der Waals surface area contributed by atoms with Crippen molar-refractivity contribution >= 4 is 6.09 Å². The normalized spacial score (nSPS) is 33.4. The van der Waals surface area contributed by atoms with E-state index in [0.717, 1.165) is 32.4 Å². The van der Waals surface area contributed by atoms with Crippen molar-refractivity contribution < 1.29 is 9.53 Å². The summed E-state index contributed by atoms with van der Waals surface area (Å²) in [5, 5.41) is 0. The summed E-state index contributed by atoms with van der Waals surface area (Å²) >= 11 is 0. The molecule has 0 bridgehead atoms. The largest absolute Gasteiger partial charge is 0.444 e. The molecule has 2 rings (SSSR count). The number of carbonyl (C=O) groups excluding carboxylic acids is 1. The number of nitrogens with zero attached hydrogens (tertiary/aromatic N) is 1. The van der Waals surface area contributed by atoms with Crippen molar-refractivity contribution in [1.29, 1.82) is 0 Å². The Balaban J connectivity index is 1.82. The third-order valence-corrected chi connectivity index (χ3v) is 4.43. The maximum Gasteiger partial charge on any atom is 0.410 e. The molecule has 2 aliphatic rings. The molecule has 2 N–H and O–H groups in total. The van der Waals surface area contributed by atoms with Gasteiger partial charge in [0.05, 0.1) is 0 Å². The van der Waals surface area contributed by atoms with Gasteiger partial charge < -0.3 is 15.4 Å². The molecule has 2 fully saturated rings. The highest BCUT2D eigenvalue weighted by molar-refractivity contribution is 5.68. The van der Waals surface area contributed by atoms with E-state index >= 15 is 0 Å². The number of hydrogen-bond donors (Lipinski definition) is 1. The van der Waals surface area contributed by atoms with Crippen molar-refractivity contribution in [2.45, 2.75) is 58.6 Å². The van der Waals surface area contributed by atoms with Gasteiger partial charge in [0.1, 0.15) is 5.60 Å². The van der Waals surface area contributed by atoms with Crippen LogP contribution < -0.4 is 5.73 Å². The second-order valence-corrected chi connectivity index (χ2v) is 7.06. The molecule has 2 atom stereocenters. The minimum absolute atomic E-state index is 0.175. The van der Waals surface area contributed by atoms with Crippen molar-refractivity contribution in [2.75, 3.05) is 13.1 Å². The van der Waals surface area contributed by atoms with E-state index in [0.29, 0.717) is 17.4 Å². The first-order chi connectivity index (χ1) is 8.22. The van der Waals surface area contributed by atoms with Crippen LogP contribution in [0.2, 0.25) is 0 Å². The van der Waals surface area contributed by atoms with Crippen LogP contribution in [0.15, 0.2) is 0 Å². The quantitative estimate of drug-likeness (QED) is 0.781. The van der Waals surface area contributed by atoms with Crippen molar-refractivity contribution in [1.82, 2.24) is 4.90 Å². The standard InChI is InChI=1S/C14H26N2O2/c1-13(2,3)18-12(17)16-7-5-10(6-8-16)14(4)9-11(14)15/h10-11H,5-9,15H2,1-4H3. The fourth-order valence-electron chi connectivity index (χ4n) is 2.93. The molecule has 1 aliphatic heterocycles. The first kappa shape index (κ1) is 13.7. The lowest BCUT2D eigenvalue weighted by molar-refractivity contribution is 0.0153. The zero-order valence-corrected chi connectivity index (χ0v) is 12.0. The summed E-state index contributed by atoms with van der Waals surface area (Å²) in [5.41, 5.74) is 5.93. The molecule has 1 amide bonds. The van der Waals surface area contributed by atoms with Gasteiger partial charge in [-0.05, 0) is 51.4 Å². The van der Waals surface area contributed by atoms with Gasteiger partial charge in [0.25, 0.3) is 0 Å². The average molecular weight is 254 g/mol. The van der Waals surface area contributed by atoms with Crippen LogP contribution in [0, 0.1) is 11.3 Å². The molecule has 1 aliphatic carbocycles. The Bertz CT molecular complexity index is 329. The SMILES string of the molecule is CC(C)(C)OC(=O)N1CCC(C2(C)CC2N)CC1. The van der Waals surface area contributed by atoms with Gasteiger partial charge in [0, 0.05) is 19.1 Å². The Labute approximate surface area is 110 Å². The van der Waals surface area contributed by atoms with E-state index in [1.165, 1.54) is 0 Å². The molecule has 0 aromatic carbocycles. The summed E-state index contributed by atoms with van der Waals surface area (Å²) < 4.78 is 5.40. The second-order valence-electron chi connectivity index (χ2n) is 7.06. The van der Waals surface area contributed by atoms with Crippen LogP contribution in [0.4, 0.5) is 4.79 Å². The van der Waals surface area contributed by atoms with Crippen LogP contribution >= 0.6 is 0 Å². The van der Waals surface area contributed by atoms with Crippen LogP contribution in [0.1, 0.15) is 47.0 Å². The number of carbonyl (C=O) groups is 1. The molecule has 1 saturated heterocycles. The zero-order valence-electron chi connectivity index (χ0n) is 12.0. The Morgan fingerprint density at radius 2 is 1.83 bits per heavy atom. The summed E-state index contributed by atoms with van der Waals surface area (Å²) in [6, 6.07) is 0.371. The summed E-state index contributed by atoms with van der Waals surface area (Å²) in [6.07, 6.45) is 3.09. The molecular weight excluding hydrogens is 228 g/mol. The minimum atomic E-state index is -0.404. The van der Waals surface area contributed by atoms with E-state index in [4.69, 9.17) is 10.5 Å². The molecular formula is C14H26N2O2. The molecule has 18 heavy (non-hydrogen) atoms. The van der Waals surface area contributed by atoms with Crippen molar-refractivity contribution in [3.63, 3.8) is 0 Å². The Morgan fingerprint density at radius 1 is 1.33 bits per heavy atom. The monoisotopic (exact) mass is 254 g/mol. The van der Waals surface area contributed by atoms with Gasteiger partial charge in [-0.15, -0.1) is 0 Å². The molecule has 4 heteroatoms. The highest BCUT2D eigenvalue weighted by Gasteiger charge is 2.53. The fraction of sp³-hybridized carbons (Fsp3) is 0.929. The molecule has 0 aromatic heterocycles. The van der Waals surface area contributed by atoms with Gasteiger partial charge in [-0.3, -0.25) is 0 Å². The zero-order chi connectivity index (χ0) is 13.6. The van der Waals surface area contributed by atoms with E-state index in [-0.39, 0.29) is 6.09 Å². The lowest BCUT2D eigenvalue weighted by Gasteiger charge is -2.36. The molecule has 104 valence electrons. The van der Waals surface area contributed by atoms with Crippen LogP contribution in [0.25, 0.3) is 0 Å². The van der Waals surface area contributed by atoms with Gasteiger partial charge in [0.2, 0.25) is 0 Å². The number of likely N-dealkylation sites (tertiary alicyclic amines) is 1. The first-order valence-electron chi connectivity index (χ1n) is 6.96. The van der Waals surface area contributed by atoms with Crippen LogP contribution in [0.5, 0.6) is 0 Å². The van der Waals surface area contributed by atoms with Crippen LogP contribution in [-0.2, 0) is 4.74 Å². The van der Waals surface area contributed by atoms with Crippen molar-refractivity contribution in [2.24, 2.45) is 17.1 Å². The van der Waals surface area contributed by atoms with Gasteiger partial charge in [-0.25, -0.2) is 4.79 Å². The topological polar surface area (TPSA) is 55.6 Å². The lowest BCUT2D eigenvalue weighted by Crippen LogP contribution is -2.43. The molecule has 0 radical (unpaired) electrons. The Kier molecular flexibility index (Phi) is 3.34. The number of piperidine rings is 1. The smallest absolute Gasteiger partial charge is 0.410 e. The van der Waals surface area contributed by atoms with E-state index in [9.17, 15) is 4.79 Å². The predicted molar refractivity (Wildman–Crippen MR) is 71.2 cm³/mol. The number of rotatable bonds is 1. The first-order valence-corrected chi connectivity index (χ1v) is 6.96. The van der Waals surface area contributed by atoms with E-state index in [1.54, 1.807) is 0 Å². The third kappa shape index (κ3) is 2.79. The van der Waals surface area contributed by atoms with Crippen LogP contribution in [0.3, 0.4) is 0 Å². The molecule has 0 spiro atoms. The number of nitrogens with two attached hydrogens (primary N) is 1. The Hall–Kier alpha value is -0.770. The van der Waals surface area contributed by atoms with E-state index in [2.05, 4.69) is 6.92 Å². The number of hydrogen-bond acceptors (Lipinski definition) is 3. The predicted octanol–water partition coefficient (Wildman–Crippen LogP) is 2.37. The highest BCUT2D eigenvalue weighted by atomic mass is 16.6. The summed E-state index contributed by atoms with van der Waals surface area (Å²) in [6.45, 7) is 9.61. The summed E-state index contributed by atoms with van der Waals surface area (Å²) in [4.78, 5) is 13.8. The summed E-state index contributed by atoms with van der Waals surface area (Å²) in [5.74, 6) is 0.672. The number of amides is 1. The van der Waals surface area contributed by atoms with Gasteiger partial charge in [0.15, 0.2) is 0 Å². The lowest BCUT2D eigenvalue weighted by atomic mass is 9.82. The fourth-order valence-corrected chi connectivity index (χ4v) is 2.93. The molecule has 0 aromatic rings.